The Bertz CT molecular complexity index is 822. The van der Waals surface area contributed by atoms with Crippen LogP contribution in [0.15, 0.2) is 47.6 Å². The van der Waals surface area contributed by atoms with E-state index in [4.69, 9.17) is 4.74 Å². The molecule has 1 aromatic carbocycles. The van der Waals surface area contributed by atoms with Gasteiger partial charge in [0, 0.05) is 4.83 Å². The molecule has 0 aromatic heterocycles. The lowest BCUT2D eigenvalue weighted by molar-refractivity contribution is -0.131. The van der Waals surface area contributed by atoms with Crippen molar-refractivity contribution in [1.29, 1.82) is 0 Å². The average molecular weight is 432 g/mol. The van der Waals surface area contributed by atoms with Gasteiger partial charge >= 0.3 is 5.97 Å². The summed E-state index contributed by atoms with van der Waals surface area (Å²) in [4.78, 5) is 25.2. The number of halogens is 1. The Kier molecular flexibility index (Phi) is 5.35. The summed E-state index contributed by atoms with van der Waals surface area (Å²) in [5, 5.41) is 3.23. The van der Waals surface area contributed by atoms with Crippen molar-refractivity contribution in [2.24, 2.45) is 5.41 Å². The molecule has 144 valence electrons. The molecule has 0 spiro atoms. The quantitative estimate of drug-likeness (QED) is 0.569. The monoisotopic (exact) mass is 431 g/mol. The normalized spacial score (nSPS) is 26.4. The summed E-state index contributed by atoms with van der Waals surface area (Å²) in [7, 11) is 1.37. The third kappa shape index (κ3) is 3.49. The number of rotatable bonds is 4. The number of amides is 1. The number of alkyl halides is 1. The van der Waals surface area contributed by atoms with E-state index in [1.165, 1.54) is 12.7 Å². The zero-order valence-corrected chi connectivity index (χ0v) is 17.9. The lowest BCUT2D eigenvalue weighted by Gasteiger charge is -2.48. The van der Waals surface area contributed by atoms with E-state index < -0.39 is 5.41 Å². The molecular formula is C22H26BrNO3. The minimum atomic E-state index is -0.611. The van der Waals surface area contributed by atoms with E-state index in [0.29, 0.717) is 18.4 Å². The van der Waals surface area contributed by atoms with Gasteiger partial charge in [-0.25, -0.2) is 4.79 Å². The van der Waals surface area contributed by atoms with Crippen LogP contribution in [-0.4, -0.2) is 29.4 Å². The van der Waals surface area contributed by atoms with Crippen LogP contribution in [0.3, 0.4) is 0 Å². The summed E-state index contributed by atoms with van der Waals surface area (Å²) < 4.78 is 4.76. The van der Waals surface area contributed by atoms with Crippen molar-refractivity contribution < 1.29 is 14.3 Å². The fraction of sp³-hybridized carbons (Fsp3) is 0.455. The molecule has 1 heterocycles. The second-order valence-corrected chi connectivity index (χ2v) is 9.01. The number of hydrogen-bond donors (Lipinski definition) is 1. The number of carbonyl (C=O) groups is 2. The van der Waals surface area contributed by atoms with Crippen LogP contribution >= 0.6 is 15.9 Å². The van der Waals surface area contributed by atoms with Crippen LogP contribution in [0.4, 0.5) is 0 Å². The maximum Gasteiger partial charge on any atom is 0.337 e. The second kappa shape index (κ2) is 7.27. The van der Waals surface area contributed by atoms with Gasteiger partial charge in [-0.1, -0.05) is 47.1 Å². The molecule has 1 aliphatic heterocycles. The van der Waals surface area contributed by atoms with Crippen molar-refractivity contribution in [2.45, 2.75) is 50.4 Å². The highest BCUT2D eigenvalue weighted by Gasteiger charge is 2.51. The van der Waals surface area contributed by atoms with E-state index in [1.54, 1.807) is 12.1 Å². The fourth-order valence-electron chi connectivity index (χ4n) is 4.16. The zero-order valence-electron chi connectivity index (χ0n) is 16.3. The van der Waals surface area contributed by atoms with E-state index in [1.807, 2.05) is 12.1 Å². The predicted molar refractivity (Wildman–Crippen MR) is 110 cm³/mol. The molecule has 27 heavy (non-hydrogen) atoms. The Hall–Kier alpha value is -1.88. The van der Waals surface area contributed by atoms with E-state index in [9.17, 15) is 9.59 Å². The third-order valence-electron chi connectivity index (χ3n) is 5.72. The average Bonchev–Trinajstić information content (AvgIpc) is 2.64. The van der Waals surface area contributed by atoms with Crippen molar-refractivity contribution in [3.05, 3.63) is 58.7 Å². The highest BCUT2D eigenvalue weighted by atomic mass is 79.9. The van der Waals surface area contributed by atoms with Gasteiger partial charge in [0.25, 0.3) is 0 Å². The molecule has 2 unspecified atom stereocenters. The first-order valence-electron chi connectivity index (χ1n) is 9.31. The second-order valence-electron chi connectivity index (χ2n) is 7.83. The van der Waals surface area contributed by atoms with Gasteiger partial charge in [-0.05, 0) is 62.0 Å². The number of benzene rings is 1. The summed E-state index contributed by atoms with van der Waals surface area (Å²) in [6, 6.07) is 7.34. The molecule has 3 rings (SSSR count). The van der Waals surface area contributed by atoms with Crippen LogP contribution in [-0.2, 0) is 16.0 Å². The van der Waals surface area contributed by atoms with Gasteiger partial charge in [0.1, 0.15) is 0 Å². The highest BCUT2D eigenvalue weighted by Crippen LogP contribution is 2.49. The minimum absolute atomic E-state index is 0.0667. The molecule has 5 heteroatoms. The molecular weight excluding hydrogens is 406 g/mol. The third-order valence-corrected chi connectivity index (χ3v) is 6.36. The van der Waals surface area contributed by atoms with Gasteiger partial charge in [-0.2, -0.15) is 0 Å². The molecule has 0 radical (unpaired) electrons. The molecule has 1 fully saturated rings. The number of ether oxygens (including phenoxy) is 1. The Balaban J connectivity index is 2.01. The Morgan fingerprint density at radius 2 is 1.93 bits per heavy atom. The number of nitrogens with one attached hydrogen (secondary N) is 1. The molecule has 1 aromatic rings. The van der Waals surface area contributed by atoms with Gasteiger partial charge in [-0.15, -0.1) is 0 Å². The molecule has 1 N–H and O–H groups in total. The van der Waals surface area contributed by atoms with Crippen molar-refractivity contribution in [1.82, 2.24) is 5.32 Å². The molecule has 2 atom stereocenters. The summed E-state index contributed by atoms with van der Waals surface area (Å²) in [5.74, 6) is -0.289. The largest absolute Gasteiger partial charge is 0.465 e. The van der Waals surface area contributed by atoms with Crippen LogP contribution in [0.5, 0.6) is 0 Å². The number of allylic oxidation sites excluding steroid dienone is 2. The smallest absolute Gasteiger partial charge is 0.337 e. The van der Waals surface area contributed by atoms with Crippen molar-refractivity contribution in [3.63, 3.8) is 0 Å². The Morgan fingerprint density at radius 3 is 2.52 bits per heavy atom. The topological polar surface area (TPSA) is 55.4 Å². The maximum absolute atomic E-state index is 13.3. The Labute approximate surface area is 169 Å². The van der Waals surface area contributed by atoms with Gasteiger partial charge < -0.3 is 10.1 Å². The zero-order chi connectivity index (χ0) is 19.8. The molecule has 2 aliphatic rings. The number of fused-ring (bicyclic) bond motifs is 1. The molecule has 0 saturated carbocycles. The molecule has 1 amide bonds. The number of piperidine rings is 1. The van der Waals surface area contributed by atoms with Crippen molar-refractivity contribution in [2.75, 3.05) is 7.11 Å². The molecule has 1 saturated heterocycles. The van der Waals surface area contributed by atoms with Crippen molar-refractivity contribution >= 4 is 27.8 Å². The fourth-order valence-corrected chi connectivity index (χ4v) is 4.61. The van der Waals surface area contributed by atoms with Crippen LogP contribution in [0.25, 0.3) is 0 Å². The predicted octanol–water partition coefficient (Wildman–Crippen LogP) is 4.34. The number of esters is 1. The summed E-state index contributed by atoms with van der Waals surface area (Å²) in [6.07, 6.45) is 6.68. The van der Waals surface area contributed by atoms with Crippen LogP contribution in [0.1, 0.15) is 49.5 Å². The maximum atomic E-state index is 13.3. The van der Waals surface area contributed by atoms with Crippen molar-refractivity contribution in [3.8, 4) is 0 Å². The summed E-state index contributed by atoms with van der Waals surface area (Å²) in [5.41, 5.74) is 2.90. The van der Waals surface area contributed by atoms with Gasteiger partial charge in [0.05, 0.1) is 23.6 Å². The standard InChI is InChI=1S/C22H26BrNO3/c1-5-22(13-14-6-8-15(9-7-14)19(25)27-4)18-12-16(23)10-11-17(18)21(2,3)24-20(22)26/h6-9,11-12,16H,5,10,13H2,1-4H3,(H,24,26). The minimum Gasteiger partial charge on any atom is -0.465 e. The van der Waals surface area contributed by atoms with E-state index in [0.717, 1.165) is 17.6 Å². The highest BCUT2D eigenvalue weighted by molar-refractivity contribution is 9.09. The molecule has 0 bridgehead atoms. The Morgan fingerprint density at radius 1 is 1.26 bits per heavy atom. The lowest BCUT2D eigenvalue weighted by Crippen LogP contribution is -2.59. The molecule has 4 nitrogen and oxygen atoms in total. The number of carbonyl (C=O) groups excluding carboxylic acids is 2. The first-order chi connectivity index (χ1) is 12.7. The first-order valence-corrected chi connectivity index (χ1v) is 10.2. The van der Waals surface area contributed by atoms with E-state index in [2.05, 4.69) is 54.2 Å². The van der Waals surface area contributed by atoms with E-state index in [-0.39, 0.29) is 22.2 Å². The number of hydrogen-bond acceptors (Lipinski definition) is 3. The lowest BCUT2D eigenvalue weighted by atomic mass is 9.62. The van der Waals surface area contributed by atoms with Crippen LogP contribution in [0, 0.1) is 5.41 Å². The molecule has 1 aliphatic carbocycles. The SMILES string of the molecule is CCC1(Cc2ccc(C(=O)OC)cc2)C(=O)NC(C)(C)C2=CCC(Br)C=C21. The van der Waals surface area contributed by atoms with Gasteiger partial charge in [0.2, 0.25) is 5.91 Å². The van der Waals surface area contributed by atoms with Gasteiger partial charge in [0.15, 0.2) is 0 Å². The van der Waals surface area contributed by atoms with Crippen LogP contribution < -0.4 is 5.32 Å². The van der Waals surface area contributed by atoms with Gasteiger partial charge in [-0.3, -0.25) is 4.79 Å². The number of methoxy groups -OCH3 is 1. The summed E-state index contributed by atoms with van der Waals surface area (Å²) in [6.45, 7) is 6.19. The summed E-state index contributed by atoms with van der Waals surface area (Å²) >= 11 is 3.70. The van der Waals surface area contributed by atoms with Crippen LogP contribution in [0.2, 0.25) is 0 Å². The van der Waals surface area contributed by atoms with E-state index >= 15 is 0 Å². The first kappa shape index (κ1) is 19.9.